The van der Waals surface area contributed by atoms with Crippen LogP contribution >= 0.6 is 0 Å². The average Bonchev–Trinajstić information content (AvgIpc) is 2.01. The van der Waals surface area contributed by atoms with Crippen molar-refractivity contribution < 1.29 is 0 Å². The summed E-state index contributed by atoms with van der Waals surface area (Å²) in [6.45, 7) is 5.93. The molecular weight excluding hydrogens is 172 g/mol. The van der Waals surface area contributed by atoms with Gasteiger partial charge in [0.1, 0.15) is 0 Å². The fraction of sp³-hybridized carbons (Fsp3) is 0.417. The SMILES string of the molecule is Cc1cc(C[C@@H](C)N)cc(C)c1C#N. The summed E-state index contributed by atoms with van der Waals surface area (Å²) in [5.74, 6) is 0. The Morgan fingerprint density at radius 3 is 2.21 bits per heavy atom. The third-order valence-electron chi connectivity index (χ3n) is 2.26. The normalized spacial score (nSPS) is 12.2. The second kappa shape index (κ2) is 4.26. The number of nitrogens with two attached hydrogens (primary N) is 1. The number of nitriles is 1. The second-order valence-electron chi connectivity index (χ2n) is 3.90. The molecule has 0 spiro atoms. The predicted molar refractivity (Wildman–Crippen MR) is 58.0 cm³/mol. The summed E-state index contributed by atoms with van der Waals surface area (Å²) < 4.78 is 0. The minimum Gasteiger partial charge on any atom is -0.328 e. The molecule has 2 heteroatoms. The van der Waals surface area contributed by atoms with Gasteiger partial charge in [-0.2, -0.15) is 5.26 Å². The van der Waals surface area contributed by atoms with Crippen LogP contribution in [0, 0.1) is 25.2 Å². The largest absolute Gasteiger partial charge is 0.328 e. The molecular formula is C12H16N2. The zero-order valence-corrected chi connectivity index (χ0v) is 8.96. The van der Waals surface area contributed by atoms with Crippen LogP contribution in [0.5, 0.6) is 0 Å². The Bertz CT molecular complexity index is 349. The van der Waals surface area contributed by atoms with Crippen molar-refractivity contribution in [1.82, 2.24) is 0 Å². The van der Waals surface area contributed by atoms with Crippen LogP contribution < -0.4 is 5.73 Å². The van der Waals surface area contributed by atoms with Crippen LogP contribution in [0.15, 0.2) is 12.1 Å². The van der Waals surface area contributed by atoms with Gasteiger partial charge in [-0.05, 0) is 43.9 Å². The van der Waals surface area contributed by atoms with Crippen LogP contribution in [-0.4, -0.2) is 6.04 Å². The molecule has 0 fully saturated rings. The molecule has 0 aliphatic heterocycles. The van der Waals surface area contributed by atoms with E-state index in [9.17, 15) is 0 Å². The van der Waals surface area contributed by atoms with Gasteiger partial charge in [0, 0.05) is 6.04 Å². The first-order valence-corrected chi connectivity index (χ1v) is 4.80. The molecule has 0 radical (unpaired) electrons. The molecule has 0 aliphatic carbocycles. The Morgan fingerprint density at radius 1 is 1.36 bits per heavy atom. The maximum atomic E-state index is 8.90. The van der Waals surface area contributed by atoms with Crippen LogP contribution in [0.2, 0.25) is 0 Å². The number of benzene rings is 1. The van der Waals surface area contributed by atoms with E-state index in [2.05, 4.69) is 18.2 Å². The predicted octanol–water partition coefficient (Wildman–Crippen LogP) is 2.06. The number of rotatable bonds is 2. The van der Waals surface area contributed by atoms with E-state index < -0.39 is 0 Å². The summed E-state index contributed by atoms with van der Waals surface area (Å²) in [5, 5.41) is 8.90. The first-order valence-electron chi connectivity index (χ1n) is 4.80. The molecule has 0 unspecified atom stereocenters. The number of nitrogens with zero attached hydrogens (tertiary/aromatic N) is 1. The van der Waals surface area contributed by atoms with Crippen molar-refractivity contribution in [1.29, 1.82) is 5.26 Å². The number of hydrogen-bond acceptors (Lipinski definition) is 2. The van der Waals surface area contributed by atoms with Crippen molar-refractivity contribution in [3.05, 3.63) is 34.4 Å². The minimum atomic E-state index is 0.168. The van der Waals surface area contributed by atoms with Crippen molar-refractivity contribution in [3.63, 3.8) is 0 Å². The fourth-order valence-corrected chi connectivity index (χ4v) is 1.72. The van der Waals surface area contributed by atoms with Gasteiger partial charge in [0.2, 0.25) is 0 Å². The quantitative estimate of drug-likeness (QED) is 0.772. The molecule has 1 aromatic carbocycles. The van der Waals surface area contributed by atoms with Crippen LogP contribution in [0.3, 0.4) is 0 Å². The third-order valence-corrected chi connectivity index (χ3v) is 2.26. The summed E-state index contributed by atoms with van der Waals surface area (Å²) in [7, 11) is 0. The highest BCUT2D eigenvalue weighted by Crippen LogP contribution is 2.16. The van der Waals surface area contributed by atoms with Crippen LogP contribution in [0.4, 0.5) is 0 Å². The average molecular weight is 188 g/mol. The van der Waals surface area contributed by atoms with E-state index in [1.54, 1.807) is 0 Å². The highest BCUT2D eigenvalue weighted by atomic mass is 14.6. The molecule has 1 aromatic rings. The first kappa shape index (κ1) is 10.7. The molecule has 0 aromatic heterocycles. The van der Waals surface area contributed by atoms with Gasteiger partial charge in [0.15, 0.2) is 0 Å². The Kier molecular flexibility index (Phi) is 3.27. The molecule has 2 nitrogen and oxygen atoms in total. The summed E-state index contributed by atoms with van der Waals surface area (Å²) in [5.41, 5.74) is 9.83. The molecule has 0 amide bonds. The van der Waals surface area contributed by atoms with E-state index in [4.69, 9.17) is 11.0 Å². The topological polar surface area (TPSA) is 49.8 Å². The monoisotopic (exact) mass is 188 g/mol. The van der Waals surface area contributed by atoms with Gasteiger partial charge in [-0.15, -0.1) is 0 Å². The second-order valence-corrected chi connectivity index (χ2v) is 3.90. The number of aryl methyl sites for hydroxylation is 2. The van der Waals surface area contributed by atoms with Crippen molar-refractivity contribution >= 4 is 0 Å². The molecule has 1 atom stereocenters. The third kappa shape index (κ3) is 2.34. The Balaban J connectivity index is 3.09. The Labute approximate surface area is 85.4 Å². The van der Waals surface area contributed by atoms with Crippen molar-refractivity contribution in [2.24, 2.45) is 5.73 Å². The molecule has 0 saturated carbocycles. The summed E-state index contributed by atoms with van der Waals surface area (Å²) in [6, 6.07) is 6.48. The zero-order valence-electron chi connectivity index (χ0n) is 8.96. The lowest BCUT2D eigenvalue weighted by molar-refractivity contribution is 0.737. The van der Waals surface area contributed by atoms with E-state index in [0.29, 0.717) is 0 Å². The van der Waals surface area contributed by atoms with E-state index in [0.717, 1.165) is 23.1 Å². The molecule has 0 bridgehead atoms. The summed E-state index contributed by atoms with van der Waals surface area (Å²) in [4.78, 5) is 0. The van der Waals surface area contributed by atoms with Gasteiger partial charge >= 0.3 is 0 Å². The lowest BCUT2D eigenvalue weighted by Crippen LogP contribution is -2.18. The molecule has 0 saturated heterocycles. The maximum Gasteiger partial charge on any atom is 0.0997 e. The van der Waals surface area contributed by atoms with Crippen LogP contribution in [0.25, 0.3) is 0 Å². The van der Waals surface area contributed by atoms with Crippen molar-refractivity contribution in [2.45, 2.75) is 33.2 Å². The standard InChI is InChI=1S/C12H16N2/c1-8-4-11(6-10(3)14)5-9(2)12(8)7-13/h4-5,10H,6,14H2,1-3H3/t10-/m1/s1. The van der Waals surface area contributed by atoms with Crippen LogP contribution in [0.1, 0.15) is 29.2 Å². The molecule has 1 rings (SSSR count). The molecule has 14 heavy (non-hydrogen) atoms. The van der Waals surface area contributed by atoms with Gasteiger partial charge in [0.25, 0.3) is 0 Å². The van der Waals surface area contributed by atoms with E-state index in [1.165, 1.54) is 5.56 Å². The van der Waals surface area contributed by atoms with Crippen LogP contribution in [-0.2, 0) is 6.42 Å². The molecule has 74 valence electrons. The van der Waals surface area contributed by atoms with Gasteiger partial charge in [0.05, 0.1) is 11.6 Å². The Morgan fingerprint density at radius 2 is 1.86 bits per heavy atom. The fourth-order valence-electron chi connectivity index (χ4n) is 1.72. The van der Waals surface area contributed by atoms with Gasteiger partial charge < -0.3 is 5.73 Å². The van der Waals surface area contributed by atoms with E-state index in [1.807, 2.05) is 20.8 Å². The smallest absolute Gasteiger partial charge is 0.0997 e. The van der Waals surface area contributed by atoms with Gasteiger partial charge in [-0.1, -0.05) is 12.1 Å². The lowest BCUT2D eigenvalue weighted by Gasteiger charge is -2.09. The van der Waals surface area contributed by atoms with E-state index in [-0.39, 0.29) is 6.04 Å². The first-order chi connectivity index (χ1) is 6.54. The molecule has 2 N–H and O–H groups in total. The highest BCUT2D eigenvalue weighted by molar-refractivity contribution is 5.45. The maximum absolute atomic E-state index is 8.90. The number of hydrogen-bond donors (Lipinski definition) is 1. The lowest BCUT2D eigenvalue weighted by atomic mass is 9.97. The molecule has 0 heterocycles. The van der Waals surface area contributed by atoms with Gasteiger partial charge in [-0.3, -0.25) is 0 Å². The summed E-state index contributed by atoms with van der Waals surface area (Å²) in [6.07, 6.45) is 0.868. The molecule has 0 aliphatic rings. The van der Waals surface area contributed by atoms with E-state index >= 15 is 0 Å². The van der Waals surface area contributed by atoms with Crippen molar-refractivity contribution in [2.75, 3.05) is 0 Å². The Hall–Kier alpha value is -1.33. The van der Waals surface area contributed by atoms with Crippen molar-refractivity contribution in [3.8, 4) is 6.07 Å². The highest BCUT2D eigenvalue weighted by Gasteiger charge is 2.05. The minimum absolute atomic E-state index is 0.168. The summed E-state index contributed by atoms with van der Waals surface area (Å²) >= 11 is 0. The van der Waals surface area contributed by atoms with Gasteiger partial charge in [-0.25, -0.2) is 0 Å². The zero-order chi connectivity index (χ0) is 10.7.